The molecule has 0 unspecified atom stereocenters. The second-order valence-corrected chi connectivity index (χ2v) is 5.29. The molecule has 0 saturated heterocycles. The maximum Gasteiger partial charge on any atom is 0.260 e. The number of hydrogen-bond acceptors (Lipinski definition) is 4. The van der Waals surface area contributed by atoms with Crippen LogP contribution in [0.1, 0.15) is 5.56 Å². The summed E-state index contributed by atoms with van der Waals surface area (Å²) in [4.78, 5) is 19.5. The van der Waals surface area contributed by atoms with E-state index in [2.05, 4.69) is 15.1 Å². The molecule has 4 aromatic rings. The Morgan fingerprint density at radius 1 is 1.08 bits per heavy atom. The van der Waals surface area contributed by atoms with Crippen LogP contribution >= 0.6 is 0 Å². The van der Waals surface area contributed by atoms with Crippen molar-refractivity contribution in [2.24, 2.45) is 0 Å². The zero-order valence-electron chi connectivity index (χ0n) is 12.7. The molecule has 2 aromatic heterocycles. The summed E-state index contributed by atoms with van der Waals surface area (Å²) in [6.45, 7) is 0.389. The maximum atomic E-state index is 12.3. The van der Waals surface area contributed by atoms with Gasteiger partial charge in [0.2, 0.25) is 5.95 Å². The molecule has 0 aliphatic heterocycles. The molecule has 118 valence electrons. The van der Waals surface area contributed by atoms with Crippen molar-refractivity contribution >= 4 is 10.9 Å². The number of para-hydroxylation sites is 1. The third kappa shape index (κ3) is 2.77. The number of aromatic amines is 1. The van der Waals surface area contributed by atoms with Crippen molar-refractivity contribution in [2.75, 3.05) is 0 Å². The molecule has 0 aliphatic carbocycles. The van der Waals surface area contributed by atoms with Crippen molar-refractivity contribution in [3.05, 3.63) is 82.9 Å². The van der Waals surface area contributed by atoms with E-state index in [0.717, 1.165) is 11.3 Å². The second kappa shape index (κ2) is 6.00. The van der Waals surface area contributed by atoms with Crippen LogP contribution in [-0.2, 0) is 6.61 Å². The zero-order valence-corrected chi connectivity index (χ0v) is 12.7. The Bertz CT molecular complexity index is 1020. The van der Waals surface area contributed by atoms with Crippen molar-refractivity contribution in [1.29, 1.82) is 0 Å². The second-order valence-electron chi connectivity index (χ2n) is 5.29. The molecule has 6 nitrogen and oxygen atoms in total. The minimum atomic E-state index is -0.202. The normalized spacial score (nSPS) is 10.8. The van der Waals surface area contributed by atoms with E-state index in [0.29, 0.717) is 23.5 Å². The third-order valence-corrected chi connectivity index (χ3v) is 3.63. The lowest BCUT2D eigenvalue weighted by atomic mass is 10.1. The van der Waals surface area contributed by atoms with Gasteiger partial charge in [-0.2, -0.15) is 5.10 Å². The fourth-order valence-corrected chi connectivity index (χ4v) is 2.45. The molecule has 4 rings (SSSR count). The van der Waals surface area contributed by atoms with Gasteiger partial charge in [0.25, 0.3) is 5.56 Å². The fourth-order valence-electron chi connectivity index (χ4n) is 2.45. The monoisotopic (exact) mass is 318 g/mol. The highest BCUT2D eigenvalue weighted by molar-refractivity contribution is 5.78. The van der Waals surface area contributed by atoms with Gasteiger partial charge < -0.3 is 4.74 Å². The zero-order chi connectivity index (χ0) is 16.4. The summed E-state index contributed by atoms with van der Waals surface area (Å²) in [6, 6.07) is 16.9. The van der Waals surface area contributed by atoms with Gasteiger partial charge in [-0.1, -0.05) is 24.3 Å². The lowest BCUT2D eigenvalue weighted by Gasteiger charge is -2.07. The first-order valence-electron chi connectivity index (χ1n) is 7.50. The van der Waals surface area contributed by atoms with E-state index in [1.54, 1.807) is 24.5 Å². The Kier molecular flexibility index (Phi) is 3.55. The largest absolute Gasteiger partial charge is 0.489 e. The summed E-state index contributed by atoms with van der Waals surface area (Å²) < 4.78 is 7.24. The number of nitrogens with zero attached hydrogens (tertiary/aromatic N) is 3. The predicted molar refractivity (Wildman–Crippen MR) is 90.3 cm³/mol. The number of nitrogens with one attached hydrogen (secondary N) is 1. The fraction of sp³-hybridized carbons (Fsp3) is 0.0556. The molecule has 0 amide bonds. The Morgan fingerprint density at radius 2 is 1.96 bits per heavy atom. The molecule has 0 radical (unpaired) electrons. The average Bonchev–Trinajstić information content (AvgIpc) is 3.16. The first kappa shape index (κ1) is 14.2. The van der Waals surface area contributed by atoms with Crippen LogP contribution < -0.4 is 10.3 Å². The van der Waals surface area contributed by atoms with E-state index in [4.69, 9.17) is 4.74 Å². The van der Waals surface area contributed by atoms with E-state index in [1.807, 2.05) is 42.5 Å². The minimum absolute atomic E-state index is 0.202. The first-order chi connectivity index (χ1) is 11.8. The van der Waals surface area contributed by atoms with Crippen LogP contribution in [0.4, 0.5) is 0 Å². The number of aromatic nitrogens is 4. The molecule has 0 atom stereocenters. The van der Waals surface area contributed by atoms with Gasteiger partial charge in [0, 0.05) is 12.4 Å². The lowest BCUT2D eigenvalue weighted by Crippen LogP contribution is -2.14. The van der Waals surface area contributed by atoms with Crippen LogP contribution in [0.5, 0.6) is 5.75 Å². The number of hydrogen-bond donors (Lipinski definition) is 1. The van der Waals surface area contributed by atoms with Gasteiger partial charge in [0.15, 0.2) is 0 Å². The highest BCUT2D eigenvalue weighted by Gasteiger charge is 2.07. The Labute approximate surface area is 137 Å². The molecule has 2 heterocycles. The Hall–Kier alpha value is -3.41. The summed E-state index contributed by atoms with van der Waals surface area (Å²) in [7, 11) is 0. The van der Waals surface area contributed by atoms with Crippen LogP contribution in [0.25, 0.3) is 16.9 Å². The highest BCUT2D eigenvalue weighted by Crippen LogP contribution is 2.15. The average molecular weight is 318 g/mol. The van der Waals surface area contributed by atoms with Crippen LogP contribution in [0, 0.1) is 0 Å². The smallest absolute Gasteiger partial charge is 0.260 e. The molecule has 6 heteroatoms. The minimum Gasteiger partial charge on any atom is -0.489 e. The SMILES string of the molecule is O=c1[nH]c(-n2cccn2)nc2ccc(COc3ccccc3)cc12. The van der Waals surface area contributed by atoms with Gasteiger partial charge in [-0.05, 0) is 35.9 Å². The highest BCUT2D eigenvalue weighted by atomic mass is 16.5. The topological polar surface area (TPSA) is 72.8 Å². The van der Waals surface area contributed by atoms with E-state index < -0.39 is 0 Å². The molecule has 24 heavy (non-hydrogen) atoms. The van der Waals surface area contributed by atoms with Crippen molar-refractivity contribution in [1.82, 2.24) is 19.7 Å². The number of benzene rings is 2. The van der Waals surface area contributed by atoms with E-state index in [-0.39, 0.29) is 5.56 Å². The van der Waals surface area contributed by atoms with Crippen molar-refractivity contribution in [3.63, 3.8) is 0 Å². The standard InChI is InChI=1S/C18H14N4O2/c23-17-15-11-13(12-24-14-5-2-1-3-6-14)7-8-16(15)20-18(21-17)22-10-4-9-19-22/h1-11H,12H2,(H,20,21,23). The number of fused-ring (bicyclic) bond motifs is 1. The van der Waals surface area contributed by atoms with Crippen molar-refractivity contribution in [3.8, 4) is 11.7 Å². The van der Waals surface area contributed by atoms with Crippen molar-refractivity contribution in [2.45, 2.75) is 6.61 Å². The van der Waals surface area contributed by atoms with Crippen LogP contribution in [-0.4, -0.2) is 19.7 Å². The summed E-state index contributed by atoms with van der Waals surface area (Å²) in [5.74, 6) is 1.18. The van der Waals surface area contributed by atoms with E-state index in [9.17, 15) is 4.79 Å². The van der Waals surface area contributed by atoms with Gasteiger partial charge in [0.05, 0.1) is 10.9 Å². The number of rotatable bonds is 4. The molecule has 0 saturated carbocycles. The molecule has 1 N–H and O–H groups in total. The van der Waals surface area contributed by atoms with Crippen LogP contribution in [0.15, 0.2) is 71.8 Å². The molecule has 0 fully saturated rings. The van der Waals surface area contributed by atoms with Gasteiger partial charge in [-0.3, -0.25) is 9.78 Å². The molecule has 0 bridgehead atoms. The summed E-state index contributed by atoms with van der Waals surface area (Å²) in [5.41, 5.74) is 1.32. The summed E-state index contributed by atoms with van der Waals surface area (Å²) >= 11 is 0. The molecular weight excluding hydrogens is 304 g/mol. The third-order valence-electron chi connectivity index (χ3n) is 3.63. The molecule has 2 aromatic carbocycles. The lowest BCUT2D eigenvalue weighted by molar-refractivity contribution is 0.306. The number of H-pyrrole nitrogens is 1. The van der Waals surface area contributed by atoms with Gasteiger partial charge >= 0.3 is 0 Å². The molecule has 0 aliphatic rings. The first-order valence-corrected chi connectivity index (χ1v) is 7.50. The van der Waals surface area contributed by atoms with E-state index in [1.165, 1.54) is 4.68 Å². The quantitative estimate of drug-likeness (QED) is 0.628. The summed E-state index contributed by atoms with van der Waals surface area (Å²) in [6.07, 6.45) is 3.36. The van der Waals surface area contributed by atoms with Gasteiger partial charge in [-0.15, -0.1) is 0 Å². The molecular formula is C18H14N4O2. The maximum absolute atomic E-state index is 12.3. The van der Waals surface area contributed by atoms with Crippen molar-refractivity contribution < 1.29 is 4.74 Å². The number of ether oxygens (including phenoxy) is 1. The molecule has 0 spiro atoms. The van der Waals surface area contributed by atoms with Gasteiger partial charge in [0.1, 0.15) is 12.4 Å². The summed E-state index contributed by atoms with van der Waals surface area (Å²) in [5, 5.41) is 4.61. The van der Waals surface area contributed by atoms with Gasteiger partial charge in [-0.25, -0.2) is 9.67 Å². The van der Waals surface area contributed by atoms with E-state index >= 15 is 0 Å². The Balaban J connectivity index is 1.65. The predicted octanol–water partition coefficient (Wildman–Crippen LogP) is 2.69. The Morgan fingerprint density at radius 3 is 2.75 bits per heavy atom. The van der Waals surface area contributed by atoms with Crippen LogP contribution in [0.3, 0.4) is 0 Å². The van der Waals surface area contributed by atoms with Crippen LogP contribution in [0.2, 0.25) is 0 Å².